The lowest BCUT2D eigenvalue weighted by Gasteiger charge is -2.37. The van der Waals surface area contributed by atoms with Gasteiger partial charge in [0.15, 0.2) is 5.82 Å². The molecule has 0 aliphatic carbocycles. The number of aliphatic hydroxyl groups excluding tert-OH is 1. The number of fused-ring (bicyclic) bond motifs is 3. The van der Waals surface area contributed by atoms with Crippen molar-refractivity contribution in [2.75, 3.05) is 18.8 Å². The molecule has 0 saturated carbocycles. The Bertz CT molecular complexity index is 2570. The SMILES string of the molecule is CC(=O)N[C@H](C(=O)N1C[C@H](O)C[C@H]1C(=O)NCc1ccc(-c2scnc2C)cc1)C(C)(C)SCCCCCNC(=O)C[C@@H]1N=C(c2ccc(Cl)cc2)c2c(sc(C)c2C)-n2c(C)nnc21. The van der Waals surface area contributed by atoms with Gasteiger partial charge in [-0.3, -0.25) is 28.7 Å². The van der Waals surface area contributed by atoms with Crippen LogP contribution in [0.2, 0.25) is 5.02 Å². The van der Waals surface area contributed by atoms with Gasteiger partial charge in [-0.15, -0.1) is 32.9 Å². The molecule has 2 aliphatic rings. The highest BCUT2D eigenvalue weighted by molar-refractivity contribution is 8.00. The maximum Gasteiger partial charge on any atom is 0.247 e. The van der Waals surface area contributed by atoms with Gasteiger partial charge in [-0.05, 0) is 89.0 Å². The molecule has 0 unspecified atom stereocenters. The third-order valence-electron chi connectivity index (χ3n) is 11.9. The molecule has 4 atom stereocenters. The third kappa shape index (κ3) is 11.0. The van der Waals surface area contributed by atoms with Crippen LogP contribution in [0.3, 0.4) is 0 Å². The van der Waals surface area contributed by atoms with Gasteiger partial charge in [-0.1, -0.05) is 54.4 Å². The van der Waals surface area contributed by atoms with E-state index in [9.17, 15) is 24.3 Å². The molecule has 65 heavy (non-hydrogen) atoms. The fourth-order valence-corrected chi connectivity index (χ4v) is 11.7. The standard InChI is InChI=1S/C47H56ClN9O5S3/c1-26-28(3)65-46-39(26)40(32-15-17-34(48)18-16-32)53-36(43-55-54-29(4)57(43)46)22-38(60)49-19-9-8-10-20-64-47(6,7)42(52-30(5)58)45(62)56-24-35(59)21-37(56)44(61)50-23-31-11-13-33(14-12-31)41-27(2)51-25-63-41/h11-18,25,35-37,42,59H,8-10,19-24H2,1-7H3,(H,49,60)(H,50,61)(H,52,58)/t35-,36+,37+,42-/m1/s1. The number of likely N-dealkylation sites (tertiary alicyclic amines) is 1. The van der Waals surface area contributed by atoms with E-state index in [-0.39, 0.29) is 43.7 Å². The zero-order valence-corrected chi connectivity index (χ0v) is 40.9. The summed E-state index contributed by atoms with van der Waals surface area (Å²) in [4.78, 5) is 66.9. The van der Waals surface area contributed by atoms with E-state index in [1.165, 1.54) is 16.7 Å². The van der Waals surface area contributed by atoms with Crippen LogP contribution >= 0.6 is 46.0 Å². The number of nitrogens with zero attached hydrogens (tertiary/aromatic N) is 6. The van der Waals surface area contributed by atoms with Gasteiger partial charge < -0.3 is 26.0 Å². The Kier molecular flexibility index (Phi) is 15.3. The van der Waals surface area contributed by atoms with Crippen molar-refractivity contribution >= 4 is 75.4 Å². The first-order chi connectivity index (χ1) is 31.0. The molecule has 7 rings (SSSR count). The number of rotatable bonds is 17. The first-order valence-corrected chi connectivity index (χ1v) is 24.9. The summed E-state index contributed by atoms with van der Waals surface area (Å²) in [7, 11) is 0. The first-order valence-electron chi connectivity index (χ1n) is 21.8. The van der Waals surface area contributed by atoms with E-state index in [4.69, 9.17) is 16.6 Å². The van der Waals surface area contributed by atoms with Crippen molar-refractivity contribution < 1.29 is 24.3 Å². The molecule has 2 aromatic carbocycles. The Morgan fingerprint density at radius 2 is 1.69 bits per heavy atom. The lowest BCUT2D eigenvalue weighted by Crippen LogP contribution is -2.59. The van der Waals surface area contributed by atoms with Crippen LogP contribution in [-0.4, -0.2) is 101 Å². The zero-order chi connectivity index (χ0) is 46.6. The van der Waals surface area contributed by atoms with E-state index < -0.39 is 34.9 Å². The smallest absolute Gasteiger partial charge is 0.247 e. The van der Waals surface area contributed by atoms with E-state index in [1.807, 2.05) is 86.3 Å². The minimum atomic E-state index is -0.937. The van der Waals surface area contributed by atoms with Gasteiger partial charge in [-0.2, -0.15) is 11.8 Å². The summed E-state index contributed by atoms with van der Waals surface area (Å²) in [6.07, 6.45) is 1.71. The van der Waals surface area contributed by atoms with Gasteiger partial charge >= 0.3 is 0 Å². The minimum absolute atomic E-state index is 0.00644. The molecule has 4 N–H and O–H groups in total. The van der Waals surface area contributed by atoms with Crippen LogP contribution in [0.15, 0.2) is 59.0 Å². The highest BCUT2D eigenvalue weighted by Crippen LogP contribution is 2.40. The fraction of sp³-hybridized carbons (Fsp3) is 0.447. The van der Waals surface area contributed by atoms with Crippen molar-refractivity contribution in [3.8, 4) is 15.4 Å². The second-order valence-corrected chi connectivity index (χ2v) is 21.4. The van der Waals surface area contributed by atoms with Crippen LogP contribution in [0, 0.1) is 27.7 Å². The van der Waals surface area contributed by atoms with Gasteiger partial charge in [0.1, 0.15) is 29.0 Å². The quantitative estimate of drug-likeness (QED) is 0.0701. The molecule has 5 aromatic rings. The molecule has 0 radical (unpaired) electrons. The van der Waals surface area contributed by atoms with Gasteiger partial charge in [0.25, 0.3) is 0 Å². The van der Waals surface area contributed by atoms with Crippen molar-refractivity contribution in [3.63, 3.8) is 0 Å². The number of carbonyl (C=O) groups excluding carboxylic acids is 4. The maximum atomic E-state index is 14.2. The highest BCUT2D eigenvalue weighted by atomic mass is 35.5. The number of aryl methyl sites for hydroxylation is 3. The molecule has 18 heteroatoms. The number of thioether (sulfide) groups is 1. The van der Waals surface area contributed by atoms with Crippen molar-refractivity contribution in [1.29, 1.82) is 0 Å². The summed E-state index contributed by atoms with van der Waals surface area (Å²) < 4.78 is 1.29. The Morgan fingerprint density at radius 1 is 0.969 bits per heavy atom. The number of unbranched alkanes of at least 4 members (excludes halogenated alkanes) is 2. The average molecular weight is 959 g/mol. The largest absolute Gasteiger partial charge is 0.391 e. The molecule has 3 aromatic heterocycles. The summed E-state index contributed by atoms with van der Waals surface area (Å²) in [5.41, 5.74) is 8.57. The topological polar surface area (TPSA) is 184 Å². The number of carbonyl (C=O) groups is 4. The second kappa shape index (κ2) is 20.7. The normalized spacial score (nSPS) is 17.5. The number of aromatic nitrogens is 4. The molecular formula is C47H56ClN9O5S3. The van der Waals surface area contributed by atoms with Crippen LogP contribution < -0.4 is 16.0 Å². The Labute approximate surface area is 397 Å². The molecule has 1 saturated heterocycles. The van der Waals surface area contributed by atoms with E-state index >= 15 is 0 Å². The number of aliphatic hydroxyl groups is 1. The van der Waals surface area contributed by atoms with Crippen LogP contribution in [0.5, 0.6) is 0 Å². The van der Waals surface area contributed by atoms with Crippen molar-refractivity contribution in [2.24, 2.45) is 4.99 Å². The summed E-state index contributed by atoms with van der Waals surface area (Å²) >= 11 is 11.1. The first kappa shape index (κ1) is 48.0. The van der Waals surface area contributed by atoms with Crippen LogP contribution in [0.4, 0.5) is 0 Å². The number of benzene rings is 2. The zero-order valence-electron chi connectivity index (χ0n) is 37.7. The van der Waals surface area contributed by atoms with E-state index in [0.717, 1.165) is 74.2 Å². The van der Waals surface area contributed by atoms with Crippen molar-refractivity contribution in [2.45, 2.75) is 116 Å². The molecule has 2 aliphatic heterocycles. The number of amides is 4. The molecule has 5 heterocycles. The van der Waals surface area contributed by atoms with Crippen LogP contribution in [0.1, 0.15) is 103 Å². The van der Waals surface area contributed by atoms with E-state index in [2.05, 4.69) is 45.0 Å². The Morgan fingerprint density at radius 3 is 2.38 bits per heavy atom. The molecular weight excluding hydrogens is 902 g/mol. The third-order valence-corrected chi connectivity index (χ3v) is 15.8. The van der Waals surface area contributed by atoms with Crippen LogP contribution in [0.25, 0.3) is 15.4 Å². The number of β-amino-alcohol motifs (C(OH)–C–C–N with tert-alkyl or cyclic N) is 1. The number of thiophene rings is 1. The second-order valence-electron chi connectivity index (χ2n) is 17.2. The lowest BCUT2D eigenvalue weighted by molar-refractivity contribution is -0.142. The fourth-order valence-electron chi connectivity index (χ4n) is 8.30. The van der Waals surface area contributed by atoms with E-state index in [1.54, 1.807) is 34.4 Å². The number of hydrogen-bond acceptors (Lipinski definition) is 12. The van der Waals surface area contributed by atoms with Gasteiger partial charge in [0.2, 0.25) is 23.6 Å². The molecule has 14 nitrogen and oxygen atoms in total. The predicted molar refractivity (Wildman–Crippen MR) is 259 cm³/mol. The molecule has 0 spiro atoms. The summed E-state index contributed by atoms with van der Waals surface area (Å²) in [6.45, 7) is 14.0. The molecule has 4 amide bonds. The summed E-state index contributed by atoms with van der Waals surface area (Å²) in [5, 5.41) is 30.1. The van der Waals surface area contributed by atoms with Gasteiger partial charge in [0, 0.05) is 58.8 Å². The number of aliphatic imine (C=N–C) groups is 1. The van der Waals surface area contributed by atoms with Crippen molar-refractivity contribution in [1.82, 2.24) is 40.6 Å². The molecule has 0 bridgehead atoms. The maximum absolute atomic E-state index is 14.2. The minimum Gasteiger partial charge on any atom is -0.391 e. The number of halogens is 1. The van der Waals surface area contributed by atoms with Gasteiger partial charge in [-0.25, -0.2) is 4.98 Å². The number of hydrogen-bond donors (Lipinski definition) is 4. The lowest BCUT2D eigenvalue weighted by atomic mass is 9.99. The monoisotopic (exact) mass is 957 g/mol. The van der Waals surface area contributed by atoms with Crippen LogP contribution in [-0.2, 0) is 25.7 Å². The number of nitrogens with one attached hydrogen (secondary N) is 3. The average Bonchev–Trinajstić information content (AvgIpc) is 4.04. The Balaban J connectivity index is 0.907. The highest BCUT2D eigenvalue weighted by Gasteiger charge is 2.46. The summed E-state index contributed by atoms with van der Waals surface area (Å²) in [5.74, 6) is 0.781. The number of thiazole rings is 1. The Hall–Kier alpha value is -4.94. The van der Waals surface area contributed by atoms with E-state index in [0.29, 0.717) is 23.1 Å². The van der Waals surface area contributed by atoms with Gasteiger partial charge in [0.05, 0.1) is 34.3 Å². The summed E-state index contributed by atoms with van der Waals surface area (Å²) in [6, 6.07) is 13.1. The molecule has 344 valence electrons. The van der Waals surface area contributed by atoms with Crippen molar-refractivity contribution in [3.05, 3.63) is 104 Å². The predicted octanol–water partition coefficient (Wildman–Crippen LogP) is 7.20. The molecule has 1 fully saturated rings.